The van der Waals surface area contributed by atoms with Crippen LogP contribution < -0.4 is 4.74 Å². The van der Waals surface area contributed by atoms with Crippen LogP contribution in [-0.4, -0.2) is 49.0 Å². The minimum Gasteiger partial charge on any atom is -0.496 e. The van der Waals surface area contributed by atoms with Crippen molar-refractivity contribution in [2.24, 2.45) is 5.92 Å². The van der Waals surface area contributed by atoms with E-state index in [1.807, 2.05) is 6.07 Å². The van der Waals surface area contributed by atoms with Crippen LogP contribution in [0.3, 0.4) is 0 Å². The molecule has 0 bridgehead atoms. The highest BCUT2D eigenvalue weighted by Crippen LogP contribution is 2.27. The fourth-order valence-corrected chi connectivity index (χ4v) is 4.54. The van der Waals surface area contributed by atoms with Gasteiger partial charge in [-0.3, -0.25) is 9.69 Å². The number of methoxy groups -OCH3 is 1. The molecular formula is C20H29BrN2O2. The molecule has 0 saturated carbocycles. The van der Waals surface area contributed by atoms with Gasteiger partial charge in [-0.25, -0.2) is 0 Å². The highest BCUT2D eigenvalue weighted by Gasteiger charge is 2.28. The van der Waals surface area contributed by atoms with Crippen molar-refractivity contribution in [3.63, 3.8) is 0 Å². The summed E-state index contributed by atoms with van der Waals surface area (Å²) in [6.07, 6.45) is 6.90. The van der Waals surface area contributed by atoms with Crippen LogP contribution in [0.15, 0.2) is 22.7 Å². The Bertz CT molecular complexity index is 577. The monoisotopic (exact) mass is 408 g/mol. The van der Waals surface area contributed by atoms with Crippen molar-refractivity contribution >= 4 is 21.8 Å². The molecule has 0 unspecified atom stereocenters. The molecule has 0 radical (unpaired) electrons. The van der Waals surface area contributed by atoms with Crippen molar-refractivity contribution < 1.29 is 9.53 Å². The number of likely N-dealkylation sites (tertiary alicyclic amines) is 2. The first-order valence-corrected chi connectivity index (χ1v) is 10.3. The van der Waals surface area contributed by atoms with Crippen molar-refractivity contribution in [2.75, 3.05) is 33.3 Å². The molecule has 0 aromatic heterocycles. The minimum absolute atomic E-state index is 0.233. The van der Waals surface area contributed by atoms with Crippen LogP contribution in [0.1, 0.15) is 44.1 Å². The zero-order valence-corrected chi connectivity index (χ0v) is 16.8. The molecule has 2 heterocycles. The molecule has 25 heavy (non-hydrogen) atoms. The van der Waals surface area contributed by atoms with Crippen LogP contribution in [0.5, 0.6) is 5.75 Å². The number of carbonyl (C=O) groups excluding carboxylic acids is 1. The van der Waals surface area contributed by atoms with E-state index in [1.165, 1.54) is 31.2 Å². The van der Waals surface area contributed by atoms with E-state index >= 15 is 0 Å². The minimum atomic E-state index is 0.233. The number of benzene rings is 1. The molecule has 4 nitrogen and oxygen atoms in total. The third-order valence-electron chi connectivity index (χ3n) is 5.48. The molecule has 2 aliphatic rings. The van der Waals surface area contributed by atoms with Gasteiger partial charge in [-0.15, -0.1) is 0 Å². The first-order valence-electron chi connectivity index (χ1n) is 9.51. The van der Waals surface area contributed by atoms with Gasteiger partial charge in [-0.05, 0) is 72.4 Å². The van der Waals surface area contributed by atoms with Crippen molar-refractivity contribution in [1.29, 1.82) is 0 Å². The Morgan fingerprint density at radius 3 is 2.40 bits per heavy atom. The summed E-state index contributed by atoms with van der Waals surface area (Å²) in [6, 6.07) is 6.26. The van der Waals surface area contributed by atoms with Gasteiger partial charge in [0, 0.05) is 25.6 Å². The Labute approximate surface area is 159 Å². The average molecular weight is 409 g/mol. The number of rotatable bonds is 4. The number of piperidine rings is 1. The molecule has 2 fully saturated rings. The lowest BCUT2D eigenvalue weighted by Gasteiger charge is -2.34. The lowest BCUT2D eigenvalue weighted by atomic mass is 9.94. The first-order chi connectivity index (χ1) is 12.2. The van der Waals surface area contributed by atoms with Gasteiger partial charge in [0.2, 0.25) is 5.91 Å². The van der Waals surface area contributed by atoms with E-state index in [-0.39, 0.29) is 5.92 Å². The standard InChI is InChI=1S/C20H29BrN2O2/c1-25-19-7-6-16(14-18(19)21)15-22-12-8-17(9-13-22)20(24)23-10-4-2-3-5-11-23/h6-7,14,17H,2-5,8-13,15H2,1H3. The van der Waals surface area contributed by atoms with Crippen molar-refractivity contribution in [3.05, 3.63) is 28.2 Å². The van der Waals surface area contributed by atoms with Crippen molar-refractivity contribution in [1.82, 2.24) is 9.80 Å². The maximum atomic E-state index is 12.8. The Kier molecular flexibility index (Phi) is 6.77. The largest absolute Gasteiger partial charge is 0.496 e. The summed E-state index contributed by atoms with van der Waals surface area (Å²) in [7, 11) is 1.69. The van der Waals surface area contributed by atoms with E-state index in [2.05, 4.69) is 37.9 Å². The lowest BCUT2D eigenvalue weighted by Crippen LogP contribution is -2.42. The predicted molar refractivity (Wildman–Crippen MR) is 104 cm³/mol. The van der Waals surface area contributed by atoms with Crippen LogP contribution >= 0.6 is 15.9 Å². The molecule has 3 rings (SSSR count). The summed E-state index contributed by atoms with van der Waals surface area (Å²) >= 11 is 3.56. The fourth-order valence-electron chi connectivity index (χ4n) is 3.95. The number of nitrogens with zero attached hydrogens (tertiary/aromatic N) is 2. The Hall–Kier alpha value is -1.07. The van der Waals surface area contributed by atoms with E-state index in [4.69, 9.17) is 4.74 Å². The second-order valence-corrected chi connectivity index (χ2v) is 8.11. The summed E-state index contributed by atoms with van der Waals surface area (Å²) in [4.78, 5) is 17.4. The van der Waals surface area contributed by atoms with Crippen molar-refractivity contribution in [3.8, 4) is 5.75 Å². The fraction of sp³-hybridized carbons (Fsp3) is 0.650. The van der Waals surface area contributed by atoms with Gasteiger partial charge in [-0.2, -0.15) is 0 Å². The summed E-state index contributed by atoms with van der Waals surface area (Å²) in [5, 5.41) is 0. The lowest BCUT2D eigenvalue weighted by molar-refractivity contribution is -0.137. The maximum Gasteiger partial charge on any atom is 0.225 e. The van der Waals surface area contributed by atoms with Gasteiger partial charge in [0.15, 0.2) is 0 Å². The normalized spacial score (nSPS) is 20.3. The molecule has 2 saturated heterocycles. The second-order valence-electron chi connectivity index (χ2n) is 7.26. The number of amides is 1. The van der Waals surface area contributed by atoms with E-state index < -0.39 is 0 Å². The van der Waals surface area contributed by atoms with Crippen LogP contribution in [0.2, 0.25) is 0 Å². The third kappa shape index (κ3) is 4.98. The molecule has 0 N–H and O–H groups in total. The first kappa shape index (κ1) is 18.7. The highest BCUT2D eigenvalue weighted by atomic mass is 79.9. The Balaban J connectivity index is 1.49. The van der Waals surface area contributed by atoms with Gasteiger partial charge >= 0.3 is 0 Å². The van der Waals surface area contributed by atoms with Gasteiger partial charge in [0.05, 0.1) is 11.6 Å². The molecular weight excluding hydrogens is 380 g/mol. The van der Waals surface area contributed by atoms with Crippen LogP contribution in [0.4, 0.5) is 0 Å². The topological polar surface area (TPSA) is 32.8 Å². The third-order valence-corrected chi connectivity index (χ3v) is 6.10. The molecule has 138 valence electrons. The van der Waals surface area contributed by atoms with E-state index in [0.717, 1.165) is 55.8 Å². The number of halogens is 1. The molecule has 1 aromatic carbocycles. The van der Waals surface area contributed by atoms with Crippen molar-refractivity contribution in [2.45, 2.75) is 45.1 Å². The van der Waals surface area contributed by atoms with Crippen LogP contribution in [0.25, 0.3) is 0 Å². The van der Waals surface area contributed by atoms with Gasteiger partial charge in [0.1, 0.15) is 5.75 Å². The molecule has 2 aliphatic heterocycles. The molecule has 0 spiro atoms. The molecule has 5 heteroatoms. The zero-order chi connectivity index (χ0) is 17.6. The predicted octanol–water partition coefficient (Wildman–Crippen LogP) is 4.07. The molecule has 1 amide bonds. The van der Waals surface area contributed by atoms with E-state index in [9.17, 15) is 4.79 Å². The molecule has 0 atom stereocenters. The quantitative estimate of drug-likeness (QED) is 0.752. The van der Waals surface area contributed by atoms with Gasteiger partial charge in [0.25, 0.3) is 0 Å². The smallest absolute Gasteiger partial charge is 0.225 e. The average Bonchev–Trinajstić information content (AvgIpc) is 2.91. The van der Waals surface area contributed by atoms with Crippen LogP contribution in [0, 0.1) is 5.92 Å². The molecule has 1 aromatic rings. The summed E-state index contributed by atoms with van der Waals surface area (Å²) in [6.45, 7) is 4.90. The summed E-state index contributed by atoms with van der Waals surface area (Å²) in [5.41, 5.74) is 1.28. The SMILES string of the molecule is COc1ccc(CN2CCC(C(=O)N3CCCCCC3)CC2)cc1Br. The number of hydrogen-bond acceptors (Lipinski definition) is 3. The number of ether oxygens (including phenoxy) is 1. The van der Waals surface area contributed by atoms with Gasteiger partial charge < -0.3 is 9.64 Å². The Morgan fingerprint density at radius 1 is 1.12 bits per heavy atom. The molecule has 0 aliphatic carbocycles. The highest BCUT2D eigenvalue weighted by molar-refractivity contribution is 9.10. The van der Waals surface area contributed by atoms with Crippen LogP contribution in [-0.2, 0) is 11.3 Å². The number of hydrogen-bond donors (Lipinski definition) is 0. The summed E-state index contributed by atoms with van der Waals surface area (Å²) in [5.74, 6) is 1.51. The summed E-state index contributed by atoms with van der Waals surface area (Å²) < 4.78 is 6.29. The van der Waals surface area contributed by atoms with Gasteiger partial charge in [-0.1, -0.05) is 18.9 Å². The van der Waals surface area contributed by atoms with E-state index in [1.54, 1.807) is 7.11 Å². The maximum absolute atomic E-state index is 12.8. The zero-order valence-electron chi connectivity index (χ0n) is 15.2. The number of carbonyl (C=O) groups is 1. The Morgan fingerprint density at radius 2 is 1.80 bits per heavy atom. The van der Waals surface area contributed by atoms with E-state index in [0.29, 0.717) is 5.91 Å². The second kappa shape index (κ2) is 9.04.